The van der Waals surface area contributed by atoms with Crippen LogP contribution in [0.4, 0.5) is 5.69 Å². The molecule has 0 radical (unpaired) electrons. The Kier molecular flexibility index (Phi) is 8.30. The Morgan fingerprint density at radius 3 is 2.69 bits per heavy atom. The van der Waals surface area contributed by atoms with E-state index in [1.807, 2.05) is 0 Å². The summed E-state index contributed by atoms with van der Waals surface area (Å²) in [4.78, 5) is 43.2. The number of benzene rings is 1. The molecule has 2 aliphatic rings. The molecule has 0 spiro atoms. The van der Waals surface area contributed by atoms with Crippen molar-refractivity contribution >= 4 is 50.2 Å². The van der Waals surface area contributed by atoms with E-state index in [1.54, 1.807) is 25.1 Å². The molecular formula is C21H28N4O5S2. The molecule has 32 heavy (non-hydrogen) atoms. The molecule has 0 bridgehead atoms. The summed E-state index contributed by atoms with van der Waals surface area (Å²) in [6.45, 7) is 3.35. The molecule has 0 aliphatic carbocycles. The van der Waals surface area contributed by atoms with Gasteiger partial charge in [-0.05, 0) is 37.5 Å². The van der Waals surface area contributed by atoms with Crippen LogP contribution in [0.25, 0.3) is 0 Å². The van der Waals surface area contributed by atoms with Gasteiger partial charge in [0.15, 0.2) is 15.0 Å². The van der Waals surface area contributed by atoms with E-state index in [-0.39, 0.29) is 36.3 Å². The summed E-state index contributed by atoms with van der Waals surface area (Å²) in [6, 6.07) is 6.37. The van der Waals surface area contributed by atoms with Gasteiger partial charge in [-0.25, -0.2) is 8.42 Å². The molecule has 2 aliphatic heterocycles. The molecule has 174 valence electrons. The summed E-state index contributed by atoms with van der Waals surface area (Å²) in [5.41, 5.74) is 0.732. The van der Waals surface area contributed by atoms with E-state index >= 15 is 0 Å². The van der Waals surface area contributed by atoms with Crippen LogP contribution in [0.1, 0.15) is 43.0 Å². The molecular weight excluding hydrogens is 452 g/mol. The quantitative estimate of drug-likeness (QED) is 0.580. The normalized spacial score (nSPS) is 18.9. The standard InChI is InChI=1S/C21H28N4O5S2/c1-2-32(29,30)12-9-22-19(27)15-7-6-8-16(13-15)23-18(26)14-17-20(28)24-21(31-17)25-10-4-3-5-11-25/h6-8,13,17H,2-5,9-12,14H2,1H3,(H,22,27)(H,23,26). The number of sulfone groups is 1. The van der Waals surface area contributed by atoms with Crippen molar-refractivity contribution in [2.75, 3.05) is 36.5 Å². The van der Waals surface area contributed by atoms with Crippen LogP contribution in [0, 0.1) is 0 Å². The monoisotopic (exact) mass is 480 g/mol. The van der Waals surface area contributed by atoms with Crippen LogP contribution in [0.15, 0.2) is 29.3 Å². The van der Waals surface area contributed by atoms with Gasteiger partial charge in [-0.15, -0.1) is 0 Å². The minimum Gasteiger partial charge on any atom is -0.351 e. The van der Waals surface area contributed by atoms with Crippen LogP contribution in [0.2, 0.25) is 0 Å². The minimum atomic E-state index is -3.16. The zero-order valence-electron chi connectivity index (χ0n) is 18.0. The van der Waals surface area contributed by atoms with Crippen LogP contribution in [0.5, 0.6) is 0 Å². The lowest BCUT2D eigenvalue weighted by atomic mass is 10.1. The second-order valence-electron chi connectivity index (χ2n) is 7.71. The number of rotatable bonds is 8. The number of piperidine rings is 1. The Morgan fingerprint density at radius 1 is 1.22 bits per heavy atom. The maximum atomic E-state index is 12.5. The van der Waals surface area contributed by atoms with Crippen LogP contribution in [0.3, 0.4) is 0 Å². The Bertz CT molecular complexity index is 1000. The molecule has 0 saturated carbocycles. The van der Waals surface area contributed by atoms with Gasteiger partial charge < -0.3 is 15.5 Å². The van der Waals surface area contributed by atoms with Crippen molar-refractivity contribution in [2.24, 2.45) is 4.99 Å². The van der Waals surface area contributed by atoms with Crippen LogP contribution >= 0.6 is 11.8 Å². The number of thioether (sulfide) groups is 1. The van der Waals surface area contributed by atoms with E-state index in [0.29, 0.717) is 16.4 Å². The molecule has 1 aromatic rings. The number of hydrogen-bond donors (Lipinski definition) is 2. The molecule has 1 unspecified atom stereocenters. The molecule has 2 heterocycles. The molecule has 1 saturated heterocycles. The minimum absolute atomic E-state index is 0.00432. The van der Waals surface area contributed by atoms with Gasteiger partial charge in [0.25, 0.3) is 11.8 Å². The van der Waals surface area contributed by atoms with E-state index in [0.717, 1.165) is 25.9 Å². The summed E-state index contributed by atoms with van der Waals surface area (Å²) < 4.78 is 23.1. The van der Waals surface area contributed by atoms with Crippen LogP contribution in [-0.2, 0) is 19.4 Å². The Balaban J connectivity index is 1.50. The van der Waals surface area contributed by atoms with E-state index in [9.17, 15) is 22.8 Å². The maximum Gasteiger partial charge on any atom is 0.262 e. The number of carbonyl (C=O) groups is 3. The first-order chi connectivity index (χ1) is 15.3. The van der Waals surface area contributed by atoms with Crippen LogP contribution < -0.4 is 10.6 Å². The smallest absolute Gasteiger partial charge is 0.262 e. The van der Waals surface area contributed by atoms with Gasteiger partial charge in [0.1, 0.15) is 5.25 Å². The summed E-state index contributed by atoms with van der Waals surface area (Å²) in [5, 5.41) is 5.46. The third kappa shape index (κ3) is 6.80. The lowest BCUT2D eigenvalue weighted by molar-refractivity contribution is -0.121. The molecule has 3 amide bonds. The van der Waals surface area contributed by atoms with E-state index in [1.165, 1.54) is 24.2 Å². The van der Waals surface area contributed by atoms with E-state index < -0.39 is 21.0 Å². The largest absolute Gasteiger partial charge is 0.351 e. The number of amides is 3. The molecule has 3 rings (SSSR count). The first kappa shape index (κ1) is 24.2. The number of anilines is 1. The third-order valence-electron chi connectivity index (χ3n) is 5.27. The number of carbonyl (C=O) groups excluding carboxylic acids is 3. The fourth-order valence-corrected chi connectivity index (χ4v) is 5.23. The molecule has 1 fully saturated rings. The number of nitrogens with zero attached hydrogens (tertiary/aromatic N) is 2. The molecule has 2 N–H and O–H groups in total. The topological polar surface area (TPSA) is 125 Å². The first-order valence-corrected chi connectivity index (χ1v) is 13.4. The Morgan fingerprint density at radius 2 is 1.97 bits per heavy atom. The highest BCUT2D eigenvalue weighted by Crippen LogP contribution is 2.29. The third-order valence-corrected chi connectivity index (χ3v) is 8.19. The predicted octanol–water partition coefficient (Wildman–Crippen LogP) is 1.66. The van der Waals surface area contributed by atoms with Gasteiger partial charge in [-0.1, -0.05) is 24.8 Å². The number of hydrogen-bond acceptors (Lipinski definition) is 7. The molecule has 1 atom stereocenters. The fraction of sp³-hybridized carbons (Fsp3) is 0.524. The zero-order valence-corrected chi connectivity index (χ0v) is 19.6. The van der Waals surface area contributed by atoms with E-state index in [2.05, 4.69) is 20.5 Å². The van der Waals surface area contributed by atoms with Crippen molar-refractivity contribution in [3.8, 4) is 0 Å². The highest BCUT2D eigenvalue weighted by Gasteiger charge is 2.33. The number of nitrogens with one attached hydrogen (secondary N) is 2. The molecule has 9 nitrogen and oxygen atoms in total. The summed E-state index contributed by atoms with van der Waals surface area (Å²) in [6.07, 6.45) is 3.34. The number of aliphatic imine (C=N–C) groups is 1. The van der Waals surface area contributed by atoms with Gasteiger partial charge in [0.05, 0.1) is 5.75 Å². The first-order valence-electron chi connectivity index (χ1n) is 10.7. The van der Waals surface area contributed by atoms with Crippen molar-refractivity contribution in [1.29, 1.82) is 0 Å². The number of likely N-dealkylation sites (tertiary alicyclic amines) is 1. The fourth-order valence-electron chi connectivity index (χ4n) is 3.41. The van der Waals surface area contributed by atoms with E-state index in [4.69, 9.17) is 0 Å². The highest BCUT2D eigenvalue weighted by atomic mass is 32.2. The van der Waals surface area contributed by atoms with Crippen molar-refractivity contribution in [3.05, 3.63) is 29.8 Å². The van der Waals surface area contributed by atoms with Gasteiger partial charge in [0.2, 0.25) is 5.91 Å². The predicted molar refractivity (Wildman–Crippen MR) is 126 cm³/mol. The van der Waals surface area contributed by atoms with Crippen molar-refractivity contribution in [1.82, 2.24) is 10.2 Å². The van der Waals surface area contributed by atoms with Crippen molar-refractivity contribution < 1.29 is 22.8 Å². The number of amidine groups is 1. The molecule has 0 aromatic heterocycles. The molecule has 1 aromatic carbocycles. The van der Waals surface area contributed by atoms with Gasteiger partial charge in [-0.3, -0.25) is 14.4 Å². The Hall–Kier alpha value is -2.40. The van der Waals surface area contributed by atoms with Crippen molar-refractivity contribution in [2.45, 2.75) is 37.9 Å². The van der Waals surface area contributed by atoms with Gasteiger partial charge in [0, 0.05) is 43.1 Å². The lowest BCUT2D eigenvalue weighted by Crippen LogP contribution is -2.33. The van der Waals surface area contributed by atoms with Crippen LogP contribution in [-0.4, -0.2) is 72.6 Å². The van der Waals surface area contributed by atoms with Gasteiger partial charge in [-0.2, -0.15) is 4.99 Å². The van der Waals surface area contributed by atoms with Crippen molar-refractivity contribution in [3.63, 3.8) is 0 Å². The van der Waals surface area contributed by atoms with Gasteiger partial charge >= 0.3 is 0 Å². The lowest BCUT2D eigenvalue weighted by Gasteiger charge is -2.27. The average Bonchev–Trinajstić information content (AvgIpc) is 3.14. The Labute approximate surface area is 192 Å². The average molecular weight is 481 g/mol. The maximum absolute atomic E-state index is 12.5. The summed E-state index contributed by atoms with van der Waals surface area (Å²) in [7, 11) is -3.16. The summed E-state index contributed by atoms with van der Waals surface area (Å²) >= 11 is 1.34. The zero-order chi connectivity index (χ0) is 23.1. The second kappa shape index (κ2) is 11.0. The highest BCUT2D eigenvalue weighted by molar-refractivity contribution is 8.15. The molecule has 11 heteroatoms. The summed E-state index contributed by atoms with van der Waals surface area (Å²) in [5.74, 6) is -1.15. The second-order valence-corrected chi connectivity index (χ2v) is 11.4. The SMILES string of the molecule is CCS(=O)(=O)CCNC(=O)c1cccc(NC(=O)CC2SC(N3CCCCC3)=NC2=O)c1.